The second-order valence-corrected chi connectivity index (χ2v) is 3.09. The van der Waals surface area contributed by atoms with Gasteiger partial charge >= 0.3 is 0 Å². The van der Waals surface area contributed by atoms with Gasteiger partial charge in [-0.05, 0) is 25.0 Å². The minimum atomic E-state index is 0.0224. The Bertz CT molecular complexity index is 220. The summed E-state index contributed by atoms with van der Waals surface area (Å²) in [6.45, 7) is 1.92. The smallest absolute Gasteiger partial charge is 0.0300 e. The standard InChI is InChI=1S/C9H15N3/c1-7(10)9(11)5-8-3-2-4-12-6-8/h2-4,6-7,9H,5,10-11H2,1H3. The summed E-state index contributed by atoms with van der Waals surface area (Å²) in [4.78, 5) is 4.00. The third kappa shape index (κ3) is 2.60. The van der Waals surface area contributed by atoms with Crippen LogP contribution in [-0.2, 0) is 6.42 Å². The van der Waals surface area contributed by atoms with Gasteiger partial charge in [0.15, 0.2) is 0 Å². The molecule has 0 bridgehead atoms. The van der Waals surface area contributed by atoms with Gasteiger partial charge in [0.05, 0.1) is 0 Å². The Hall–Kier alpha value is -0.930. The van der Waals surface area contributed by atoms with Crippen LogP contribution in [-0.4, -0.2) is 17.1 Å². The number of nitrogens with two attached hydrogens (primary N) is 2. The molecule has 0 fully saturated rings. The van der Waals surface area contributed by atoms with E-state index in [1.807, 2.05) is 25.3 Å². The van der Waals surface area contributed by atoms with Gasteiger partial charge in [-0.15, -0.1) is 0 Å². The van der Waals surface area contributed by atoms with E-state index in [1.165, 1.54) is 0 Å². The normalized spacial score (nSPS) is 15.6. The molecule has 0 amide bonds. The van der Waals surface area contributed by atoms with Crippen LogP contribution in [0, 0.1) is 0 Å². The number of rotatable bonds is 3. The van der Waals surface area contributed by atoms with E-state index in [0.717, 1.165) is 12.0 Å². The van der Waals surface area contributed by atoms with E-state index in [0.29, 0.717) is 0 Å². The highest BCUT2D eigenvalue weighted by atomic mass is 14.8. The molecule has 0 saturated carbocycles. The fraction of sp³-hybridized carbons (Fsp3) is 0.444. The average molecular weight is 165 g/mol. The van der Waals surface area contributed by atoms with Crippen LogP contribution in [0.5, 0.6) is 0 Å². The van der Waals surface area contributed by atoms with Crippen molar-refractivity contribution in [2.24, 2.45) is 11.5 Å². The van der Waals surface area contributed by atoms with Crippen LogP contribution in [0.15, 0.2) is 24.5 Å². The molecule has 1 heterocycles. The van der Waals surface area contributed by atoms with E-state index in [1.54, 1.807) is 6.20 Å². The number of aromatic nitrogens is 1. The Morgan fingerprint density at radius 3 is 2.75 bits per heavy atom. The molecule has 0 radical (unpaired) electrons. The molecule has 1 aromatic heterocycles. The van der Waals surface area contributed by atoms with Crippen molar-refractivity contribution in [1.29, 1.82) is 0 Å². The fourth-order valence-electron chi connectivity index (χ4n) is 0.977. The van der Waals surface area contributed by atoms with Gasteiger partial charge in [0.2, 0.25) is 0 Å². The lowest BCUT2D eigenvalue weighted by Crippen LogP contribution is -2.40. The van der Waals surface area contributed by atoms with Gasteiger partial charge in [-0.2, -0.15) is 0 Å². The third-order valence-electron chi connectivity index (χ3n) is 1.87. The summed E-state index contributed by atoms with van der Waals surface area (Å²) in [5.74, 6) is 0. The van der Waals surface area contributed by atoms with Crippen LogP contribution in [0.2, 0.25) is 0 Å². The summed E-state index contributed by atoms with van der Waals surface area (Å²) in [5, 5.41) is 0. The van der Waals surface area contributed by atoms with Crippen molar-refractivity contribution in [2.75, 3.05) is 0 Å². The van der Waals surface area contributed by atoms with Crippen molar-refractivity contribution in [2.45, 2.75) is 25.4 Å². The first-order valence-corrected chi connectivity index (χ1v) is 4.10. The number of nitrogens with zero attached hydrogens (tertiary/aromatic N) is 1. The van der Waals surface area contributed by atoms with Crippen LogP contribution < -0.4 is 11.5 Å². The quantitative estimate of drug-likeness (QED) is 0.677. The van der Waals surface area contributed by atoms with Crippen molar-refractivity contribution in [1.82, 2.24) is 4.98 Å². The second-order valence-electron chi connectivity index (χ2n) is 3.09. The number of hydrogen-bond donors (Lipinski definition) is 2. The molecule has 1 rings (SSSR count). The summed E-state index contributed by atoms with van der Waals surface area (Å²) in [5.41, 5.74) is 12.6. The molecule has 4 N–H and O–H groups in total. The van der Waals surface area contributed by atoms with Crippen LogP contribution in [0.4, 0.5) is 0 Å². The van der Waals surface area contributed by atoms with Crippen LogP contribution in [0.1, 0.15) is 12.5 Å². The highest BCUT2D eigenvalue weighted by Gasteiger charge is 2.07. The van der Waals surface area contributed by atoms with E-state index < -0.39 is 0 Å². The summed E-state index contributed by atoms with van der Waals surface area (Å²) < 4.78 is 0. The molecule has 1 aromatic rings. The zero-order valence-electron chi connectivity index (χ0n) is 7.27. The maximum absolute atomic E-state index is 5.80. The van der Waals surface area contributed by atoms with Crippen LogP contribution >= 0.6 is 0 Å². The van der Waals surface area contributed by atoms with Crippen molar-refractivity contribution >= 4 is 0 Å². The molecule has 0 aliphatic carbocycles. The van der Waals surface area contributed by atoms with Crippen molar-refractivity contribution in [3.8, 4) is 0 Å². The molecular weight excluding hydrogens is 150 g/mol. The Kier molecular flexibility index (Phi) is 3.19. The predicted molar refractivity (Wildman–Crippen MR) is 49.6 cm³/mol. The fourth-order valence-corrected chi connectivity index (χ4v) is 0.977. The first kappa shape index (κ1) is 9.16. The molecule has 3 nitrogen and oxygen atoms in total. The molecule has 12 heavy (non-hydrogen) atoms. The lowest BCUT2D eigenvalue weighted by atomic mass is 10.0. The van der Waals surface area contributed by atoms with Gasteiger partial charge in [0, 0.05) is 24.5 Å². The highest BCUT2D eigenvalue weighted by molar-refractivity contribution is 5.10. The summed E-state index contributed by atoms with van der Waals surface area (Å²) >= 11 is 0. The molecule has 0 aliphatic heterocycles. The molecule has 2 atom stereocenters. The average Bonchev–Trinajstić information content (AvgIpc) is 2.06. The maximum Gasteiger partial charge on any atom is 0.0300 e. The first-order chi connectivity index (χ1) is 5.70. The Morgan fingerprint density at radius 1 is 1.50 bits per heavy atom. The topological polar surface area (TPSA) is 64.9 Å². The van der Waals surface area contributed by atoms with E-state index in [9.17, 15) is 0 Å². The van der Waals surface area contributed by atoms with Gasteiger partial charge in [-0.1, -0.05) is 6.07 Å². The van der Waals surface area contributed by atoms with E-state index in [2.05, 4.69) is 4.98 Å². The van der Waals surface area contributed by atoms with E-state index in [-0.39, 0.29) is 12.1 Å². The monoisotopic (exact) mass is 165 g/mol. The zero-order chi connectivity index (χ0) is 8.97. The minimum Gasteiger partial charge on any atom is -0.327 e. The SMILES string of the molecule is CC(N)C(N)Cc1cccnc1. The van der Waals surface area contributed by atoms with E-state index in [4.69, 9.17) is 11.5 Å². The van der Waals surface area contributed by atoms with Gasteiger partial charge in [0.25, 0.3) is 0 Å². The van der Waals surface area contributed by atoms with Crippen molar-refractivity contribution in [3.05, 3.63) is 30.1 Å². The first-order valence-electron chi connectivity index (χ1n) is 4.10. The summed E-state index contributed by atoms with van der Waals surface area (Å²) in [6, 6.07) is 3.97. The molecule has 0 saturated heterocycles. The van der Waals surface area contributed by atoms with Crippen molar-refractivity contribution in [3.63, 3.8) is 0 Å². The van der Waals surface area contributed by atoms with Gasteiger partial charge in [-0.25, -0.2) is 0 Å². The molecule has 3 heteroatoms. The van der Waals surface area contributed by atoms with Gasteiger partial charge < -0.3 is 11.5 Å². The van der Waals surface area contributed by atoms with Crippen LogP contribution in [0.25, 0.3) is 0 Å². The lowest BCUT2D eigenvalue weighted by Gasteiger charge is -2.14. The molecule has 0 aromatic carbocycles. The minimum absolute atomic E-state index is 0.0224. The lowest BCUT2D eigenvalue weighted by molar-refractivity contribution is 0.557. The van der Waals surface area contributed by atoms with E-state index >= 15 is 0 Å². The molecule has 0 aliphatic rings. The predicted octanol–water partition coefficient (Wildman–Crippen LogP) is 0.299. The summed E-state index contributed by atoms with van der Waals surface area (Å²) in [7, 11) is 0. The molecule has 66 valence electrons. The summed E-state index contributed by atoms with van der Waals surface area (Å²) in [6.07, 6.45) is 4.37. The third-order valence-corrected chi connectivity index (χ3v) is 1.87. The second kappa shape index (κ2) is 4.18. The molecule has 0 spiro atoms. The Morgan fingerprint density at radius 2 is 2.25 bits per heavy atom. The van der Waals surface area contributed by atoms with Crippen LogP contribution in [0.3, 0.4) is 0 Å². The Labute approximate surface area is 72.8 Å². The van der Waals surface area contributed by atoms with Gasteiger partial charge in [-0.3, -0.25) is 4.98 Å². The Balaban J connectivity index is 2.53. The van der Waals surface area contributed by atoms with Gasteiger partial charge in [0.1, 0.15) is 0 Å². The highest BCUT2D eigenvalue weighted by Crippen LogP contribution is 2.00. The number of pyridine rings is 1. The number of hydrogen-bond acceptors (Lipinski definition) is 3. The zero-order valence-corrected chi connectivity index (χ0v) is 7.27. The molecular formula is C9H15N3. The molecule has 2 unspecified atom stereocenters. The van der Waals surface area contributed by atoms with Crippen molar-refractivity contribution < 1.29 is 0 Å². The largest absolute Gasteiger partial charge is 0.327 e. The maximum atomic E-state index is 5.80.